The molecule has 1 unspecified atom stereocenters. The highest BCUT2D eigenvalue weighted by Crippen LogP contribution is 2.44. The van der Waals surface area contributed by atoms with E-state index < -0.39 is 23.5 Å². The van der Waals surface area contributed by atoms with Crippen LogP contribution >= 0.6 is 33.4 Å². The van der Waals surface area contributed by atoms with Crippen molar-refractivity contribution in [2.45, 2.75) is 119 Å². The molecule has 0 aromatic rings. The Balaban J connectivity index is -0.000000240. The van der Waals surface area contributed by atoms with Gasteiger partial charge < -0.3 is 14.7 Å². The normalized spacial score (nSPS) is 11.6. The van der Waals surface area contributed by atoms with Crippen molar-refractivity contribution in [2.75, 3.05) is 39.6 Å². The SMILES string of the molecule is CCCCOP(=O)(O)OCCCC.CCCCOP(=O)(O)OCCCC.CCCCOP(=O)(O)OCCCC.P. The zero-order valence-corrected chi connectivity index (χ0v) is 29.9. The number of unbranched alkanes of at least 4 members (excludes halogenated alkanes) is 6. The summed E-state index contributed by atoms with van der Waals surface area (Å²) in [4.78, 5) is 27.2. The van der Waals surface area contributed by atoms with Crippen LogP contribution in [-0.2, 0) is 40.8 Å². The zero-order valence-electron chi connectivity index (χ0n) is 25.8. The van der Waals surface area contributed by atoms with Gasteiger partial charge in [-0.15, -0.1) is 0 Å². The number of rotatable bonds is 24. The van der Waals surface area contributed by atoms with Gasteiger partial charge in [0, 0.05) is 0 Å². The molecule has 0 rings (SSSR count). The van der Waals surface area contributed by atoms with Gasteiger partial charge in [-0.25, -0.2) is 13.7 Å². The third-order valence-corrected chi connectivity index (χ3v) is 7.57. The fourth-order valence-corrected chi connectivity index (χ4v) is 4.44. The first-order valence-electron chi connectivity index (χ1n) is 14.2. The van der Waals surface area contributed by atoms with Crippen LogP contribution in [0.5, 0.6) is 0 Å². The van der Waals surface area contributed by atoms with Crippen LogP contribution in [0.3, 0.4) is 0 Å². The van der Waals surface area contributed by atoms with E-state index in [4.69, 9.17) is 41.8 Å². The van der Waals surface area contributed by atoms with E-state index in [-0.39, 0.29) is 49.5 Å². The van der Waals surface area contributed by atoms with E-state index in [1.807, 2.05) is 41.5 Å². The van der Waals surface area contributed by atoms with Crippen LogP contribution in [0.2, 0.25) is 0 Å². The maximum Gasteiger partial charge on any atom is 0.472 e. The molecule has 0 spiro atoms. The molecule has 12 nitrogen and oxygen atoms in total. The molecule has 0 heterocycles. The van der Waals surface area contributed by atoms with Gasteiger partial charge in [0.1, 0.15) is 0 Å². The third kappa shape index (κ3) is 40.9. The van der Waals surface area contributed by atoms with Crippen molar-refractivity contribution in [3.05, 3.63) is 0 Å². The Hall–Kier alpha value is 0.760. The summed E-state index contributed by atoms with van der Waals surface area (Å²) in [6, 6.07) is 0. The van der Waals surface area contributed by atoms with Crippen molar-refractivity contribution in [2.24, 2.45) is 0 Å². The van der Waals surface area contributed by atoms with Gasteiger partial charge in [0.15, 0.2) is 0 Å². The summed E-state index contributed by atoms with van der Waals surface area (Å²) in [7, 11) is -11.3. The largest absolute Gasteiger partial charge is 0.472 e. The molecule has 0 fully saturated rings. The van der Waals surface area contributed by atoms with E-state index in [1.165, 1.54) is 0 Å². The van der Waals surface area contributed by atoms with Crippen LogP contribution in [0.15, 0.2) is 0 Å². The molecule has 248 valence electrons. The lowest BCUT2D eigenvalue weighted by atomic mass is 10.4. The first-order valence-corrected chi connectivity index (χ1v) is 18.7. The number of hydrogen-bond donors (Lipinski definition) is 3. The predicted octanol–water partition coefficient (Wildman–Crippen LogP) is 8.22. The highest BCUT2D eigenvalue weighted by atomic mass is 31.2. The average Bonchev–Trinajstić information content (AvgIpc) is 2.85. The quantitative estimate of drug-likeness (QED) is 0.0669. The van der Waals surface area contributed by atoms with Gasteiger partial charge in [-0.2, -0.15) is 9.90 Å². The van der Waals surface area contributed by atoms with E-state index in [0.29, 0.717) is 0 Å². The van der Waals surface area contributed by atoms with Crippen LogP contribution in [0, 0.1) is 0 Å². The molecule has 0 radical (unpaired) electrons. The zero-order chi connectivity index (χ0) is 30.5. The predicted molar refractivity (Wildman–Crippen MR) is 166 cm³/mol. The van der Waals surface area contributed by atoms with E-state index in [2.05, 4.69) is 0 Å². The summed E-state index contributed by atoms with van der Waals surface area (Å²) in [5.74, 6) is 0. The summed E-state index contributed by atoms with van der Waals surface area (Å²) in [5, 5.41) is 0. The lowest BCUT2D eigenvalue weighted by Crippen LogP contribution is -1.98. The molecular formula is C24H60O12P4. The molecule has 0 amide bonds. The van der Waals surface area contributed by atoms with Crippen LogP contribution in [-0.4, -0.2) is 54.3 Å². The minimum atomic E-state index is -3.75. The molecule has 1 atom stereocenters. The molecule has 0 saturated heterocycles. The Morgan fingerprint density at radius 3 is 0.600 bits per heavy atom. The molecule has 40 heavy (non-hydrogen) atoms. The van der Waals surface area contributed by atoms with Crippen LogP contribution in [0.25, 0.3) is 0 Å². The minimum Gasteiger partial charge on any atom is -0.302 e. The van der Waals surface area contributed by atoms with Crippen molar-refractivity contribution >= 4 is 33.4 Å². The maximum atomic E-state index is 11.1. The number of phosphoric acid groups is 3. The molecule has 0 aliphatic rings. The van der Waals surface area contributed by atoms with Gasteiger partial charge in [-0.3, -0.25) is 27.1 Å². The Bertz CT molecular complexity index is 528. The second kappa shape index (κ2) is 32.7. The molecule has 0 aromatic heterocycles. The van der Waals surface area contributed by atoms with Gasteiger partial charge >= 0.3 is 23.5 Å². The average molecular weight is 665 g/mol. The van der Waals surface area contributed by atoms with Crippen molar-refractivity contribution in [3.8, 4) is 0 Å². The summed E-state index contributed by atoms with van der Waals surface area (Å²) in [6.45, 7) is 13.7. The number of phosphoric ester groups is 3. The van der Waals surface area contributed by atoms with Gasteiger partial charge in [-0.05, 0) is 38.5 Å². The molecule has 3 N–H and O–H groups in total. The van der Waals surface area contributed by atoms with Crippen molar-refractivity contribution in [3.63, 3.8) is 0 Å². The van der Waals surface area contributed by atoms with Crippen LogP contribution in [0.1, 0.15) is 119 Å². The van der Waals surface area contributed by atoms with E-state index in [0.717, 1.165) is 77.0 Å². The lowest BCUT2D eigenvalue weighted by Gasteiger charge is -2.10. The van der Waals surface area contributed by atoms with Crippen molar-refractivity contribution in [1.29, 1.82) is 0 Å². The Morgan fingerprint density at radius 2 is 0.500 bits per heavy atom. The summed E-state index contributed by atoms with van der Waals surface area (Å²) in [5.41, 5.74) is 0. The Kier molecular flexibility index (Phi) is 38.9. The van der Waals surface area contributed by atoms with Gasteiger partial charge in [0.25, 0.3) is 0 Å². The van der Waals surface area contributed by atoms with E-state index in [9.17, 15) is 13.7 Å². The first kappa shape index (κ1) is 47.7. The molecule has 0 aliphatic carbocycles. The van der Waals surface area contributed by atoms with E-state index >= 15 is 0 Å². The standard InChI is InChI=1S/3C8H19O4P.H3P/c3*1-3-5-7-11-13(9,10)12-8-6-4-2;/h3*3-8H2,1-2H3,(H,9,10);1H3. The fourth-order valence-electron chi connectivity index (χ4n) is 2.06. The van der Waals surface area contributed by atoms with Gasteiger partial charge in [0.2, 0.25) is 0 Å². The summed E-state index contributed by atoms with van der Waals surface area (Å²) < 4.78 is 61.5. The van der Waals surface area contributed by atoms with Crippen molar-refractivity contribution in [1.82, 2.24) is 0 Å². The summed E-state index contributed by atoms with van der Waals surface area (Å²) >= 11 is 0. The molecule has 0 aromatic carbocycles. The Labute approximate surface area is 247 Å². The molecule has 0 bridgehead atoms. The van der Waals surface area contributed by atoms with Crippen molar-refractivity contribution < 1.29 is 55.5 Å². The minimum absolute atomic E-state index is 0. The second-order valence-electron chi connectivity index (χ2n) is 8.53. The Morgan fingerprint density at radius 1 is 0.375 bits per heavy atom. The van der Waals surface area contributed by atoms with E-state index in [1.54, 1.807) is 0 Å². The van der Waals surface area contributed by atoms with Crippen LogP contribution < -0.4 is 0 Å². The highest BCUT2D eigenvalue weighted by molar-refractivity contribution is 7.47. The monoisotopic (exact) mass is 664 g/mol. The highest BCUT2D eigenvalue weighted by Gasteiger charge is 2.21. The third-order valence-electron chi connectivity index (χ3n) is 4.51. The lowest BCUT2D eigenvalue weighted by molar-refractivity contribution is 0.145. The first-order chi connectivity index (χ1) is 18.4. The maximum absolute atomic E-state index is 11.1. The smallest absolute Gasteiger partial charge is 0.302 e. The molecule has 0 aliphatic heterocycles. The fraction of sp³-hybridized carbons (Fsp3) is 1.00. The molecule has 16 heteroatoms. The second-order valence-corrected chi connectivity index (χ2v) is 12.9. The van der Waals surface area contributed by atoms with Crippen LogP contribution in [0.4, 0.5) is 0 Å². The topological polar surface area (TPSA) is 167 Å². The summed E-state index contributed by atoms with van der Waals surface area (Å²) in [6.07, 6.45) is 10.3. The van der Waals surface area contributed by atoms with Gasteiger partial charge in [0.05, 0.1) is 39.6 Å². The van der Waals surface area contributed by atoms with Gasteiger partial charge in [-0.1, -0.05) is 80.1 Å². The molecule has 0 saturated carbocycles. The number of hydrogen-bond acceptors (Lipinski definition) is 9. The molecular weight excluding hydrogens is 604 g/mol.